The molecule has 1 heterocycles. The molecule has 1 unspecified atom stereocenters. The lowest BCUT2D eigenvalue weighted by Gasteiger charge is -2.30. The zero-order valence-electron chi connectivity index (χ0n) is 10.6. The van der Waals surface area contributed by atoms with Crippen LogP contribution in [0.4, 0.5) is 11.5 Å². The molecule has 100 valence electrons. The highest BCUT2D eigenvalue weighted by Crippen LogP contribution is 2.41. The Morgan fingerprint density at radius 1 is 1.74 bits per heavy atom. The predicted molar refractivity (Wildman–Crippen MR) is 69.4 cm³/mol. The molecule has 7 heteroatoms. The number of pyridine rings is 1. The minimum absolute atomic E-state index is 0.162. The number of aromatic nitrogens is 1. The maximum atomic E-state index is 10.7. The standard InChI is InChI=1S/C12H15N5O2/c1-12(7-14,9-2-3-9)16-11-8(5-13)4-10(6-15-11)17(18)19/h4,6,9H,2-3,7,14H2,1H3,(H,15,16). The Bertz CT molecular complexity index is 550. The average Bonchev–Trinajstić information content (AvgIpc) is 3.23. The van der Waals surface area contributed by atoms with Gasteiger partial charge in [-0.05, 0) is 25.7 Å². The van der Waals surface area contributed by atoms with Crippen molar-refractivity contribution in [2.24, 2.45) is 11.7 Å². The molecular formula is C12H15N5O2. The molecule has 3 N–H and O–H groups in total. The maximum Gasteiger partial charge on any atom is 0.289 e. The molecule has 0 saturated heterocycles. The molecule has 1 saturated carbocycles. The molecule has 1 atom stereocenters. The van der Waals surface area contributed by atoms with Gasteiger partial charge in [0.2, 0.25) is 0 Å². The van der Waals surface area contributed by atoms with E-state index in [9.17, 15) is 10.1 Å². The fourth-order valence-corrected chi connectivity index (χ4v) is 2.05. The van der Waals surface area contributed by atoms with Crippen LogP contribution < -0.4 is 11.1 Å². The molecule has 0 bridgehead atoms. The van der Waals surface area contributed by atoms with Crippen molar-refractivity contribution in [1.82, 2.24) is 4.98 Å². The van der Waals surface area contributed by atoms with Crippen LogP contribution in [0.25, 0.3) is 0 Å². The third-order valence-electron chi connectivity index (χ3n) is 3.51. The van der Waals surface area contributed by atoms with Gasteiger partial charge in [-0.25, -0.2) is 4.98 Å². The number of nitrogens with one attached hydrogen (secondary N) is 1. The first-order valence-electron chi connectivity index (χ1n) is 6.03. The lowest BCUT2D eigenvalue weighted by atomic mass is 9.95. The van der Waals surface area contributed by atoms with Crippen LogP contribution in [0.5, 0.6) is 0 Å². The molecule has 0 radical (unpaired) electrons. The summed E-state index contributed by atoms with van der Waals surface area (Å²) >= 11 is 0. The molecule has 1 aromatic rings. The predicted octanol–water partition coefficient (Wildman–Crippen LogP) is 1.40. The quantitative estimate of drug-likeness (QED) is 0.611. The second-order valence-electron chi connectivity index (χ2n) is 4.98. The van der Waals surface area contributed by atoms with Crippen molar-refractivity contribution < 1.29 is 4.92 Å². The number of nitriles is 1. The highest BCUT2D eigenvalue weighted by molar-refractivity contribution is 5.57. The van der Waals surface area contributed by atoms with E-state index in [1.165, 1.54) is 6.07 Å². The van der Waals surface area contributed by atoms with Gasteiger partial charge in [-0.2, -0.15) is 5.26 Å². The van der Waals surface area contributed by atoms with Gasteiger partial charge in [-0.15, -0.1) is 0 Å². The topological polar surface area (TPSA) is 118 Å². The van der Waals surface area contributed by atoms with Gasteiger partial charge in [0, 0.05) is 12.6 Å². The molecule has 1 aromatic heterocycles. The summed E-state index contributed by atoms with van der Waals surface area (Å²) in [4.78, 5) is 14.1. The summed E-state index contributed by atoms with van der Waals surface area (Å²) in [7, 11) is 0. The second kappa shape index (κ2) is 4.82. The van der Waals surface area contributed by atoms with Crippen LogP contribution in [0.3, 0.4) is 0 Å². The van der Waals surface area contributed by atoms with Crippen molar-refractivity contribution in [2.45, 2.75) is 25.3 Å². The van der Waals surface area contributed by atoms with Crippen molar-refractivity contribution in [3.8, 4) is 6.07 Å². The first-order chi connectivity index (χ1) is 9.00. The molecular weight excluding hydrogens is 246 g/mol. The Morgan fingerprint density at radius 2 is 2.42 bits per heavy atom. The molecule has 1 aliphatic carbocycles. The van der Waals surface area contributed by atoms with Crippen molar-refractivity contribution in [2.75, 3.05) is 11.9 Å². The van der Waals surface area contributed by atoms with E-state index in [0.717, 1.165) is 19.0 Å². The van der Waals surface area contributed by atoms with Gasteiger partial charge in [0.1, 0.15) is 23.6 Å². The van der Waals surface area contributed by atoms with E-state index in [1.807, 2.05) is 13.0 Å². The highest BCUT2D eigenvalue weighted by atomic mass is 16.6. The van der Waals surface area contributed by atoms with Crippen LogP contribution in [0, 0.1) is 27.4 Å². The number of hydrogen-bond acceptors (Lipinski definition) is 6. The van der Waals surface area contributed by atoms with Gasteiger partial charge < -0.3 is 11.1 Å². The molecule has 7 nitrogen and oxygen atoms in total. The van der Waals surface area contributed by atoms with E-state index in [1.54, 1.807) is 0 Å². The summed E-state index contributed by atoms with van der Waals surface area (Å²) in [5.74, 6) is 0.814. The minimum atomic E-state index is -0.569. The van der Waals surface area contributed by atoms with Crippen LogP contribution in [-0.2, 0) is 0 Å². The maximum absolute atomic E-state index is 10.7. The average molecular weight is 261 g/mol. The Morgan fingerprint density at radius 3 is 2.89 bits per heavy atom. The largest absolute Gasteiger partial charge is 0.362 e. The summed E-state index contributed by atoms with van der Waals surface area (Å²) in [6.45, 7) is 2.40. The van der Waals surface area contributed by atoms with E-state index in [-0.39, 0.29) is 16.8 Å². The summed E-state index contributed by atoms with van der Waals surface area (Å²) in [6.07, 6.45) is 3.33. The lowest BCUT2D eigenvalue weighted by molar-refractivity contribution is -0.385. The van der Waals surface area contributed by atoms with Gasteiger partial charge in [0.05, 0.1) is 10.5 Å². The minimum Gasteiger partial charge on any atom is -0.362 e. The fraction of sp³-hybridized carbons (Fsp3) is 0.500. The Balaban J connectivity index is 2.30. The first kappa shape index (κ1) is 13.2. The molecule has 0 spiro atoms. The lowest BCUT2D eigenvalue weighted by Crippen LogP contribution is -2.45. The Labute approximate surface area is 110 Å². The van der Waals surface area contributed by atoms with Gasteiger partial charge >= 0.3 is 0 Å². The Hall–Kier alpha value is -2.20. The van der Waals surface area contributed by atoms with Crippen molar-refractivity contribution in [3.05, 3.63) is 27.9 Å². The molecule has 2 rings (SSSR count). The molecule has 19 heavy (non-hydrogen) atoms. The van der Waals surface area contributed by atoms with Gasteiger partial charge in [-0.1, -0.05) is 0 Å². The third-order valence-corrected chi connectivity index (χ3v) is 3.51. The smallest absolute Gasteiger partial charge is 0.289 e. The van der Waals surface area contributed by atoms with Crippen LogP contribution in [-0.4, -0.2) is 22.0 Å². The second-order valence-corrected chi connectivity index (χ2v) is 4.98. The van der Waals surface area contributed by atoms with E-state index < -0.39 is 4.92 Å². The number of rotatable bonds is 5. The molecule has 0 amide bonds. The normalized spacial score (nSPS) is 17.3. The van der Waals surface area contributed by atoms with Crippen molar-refractivity contribution in [3.63, 3.8) is 0 Å². The van der Waals surface area contributed by atoms with Crippen molar-refractivity contribution >= 4 is 11.5 Å². The number of nitrogens with two attached hydrogens (primary N) is 1. The fourth-order valence-electron chi connectivity index (χ4n) is 2.05. The summed E-state index contributed by atoms with van der Waals surface area (Å²) in [5.41, 5.74) is 5.43. The van der Waals surface area contributed by atoms with E-state index in [4.69, 9.17) is 11.0 Å². The molecule has 1 aliphatic rings. The summed E-state index contributed by atoms with van der Waals surface area (Å²) < 4.78 is 0. The van der Waals surface area contributed by atoms with Gasteiger partial charge in [-0.3, -0.25) is 10.1 Å². The first-order valence-corrected chi connectivity index (χ1v) is 6.03. The Kier molecular flexibility index (Phi) is 3.36. The number of anilines is 1. The number of hydrogen-bond donors (Lipinski definition) is 2. The van der Waals surface area contributed by atoms with Gasteiger partial charge in [0.25, 0.3) is 5.69 Å². The van der Waals surface area contributed by atoms with Crippen molar-refractivity contribution in [1.29, 1.82) is 5.26 Å². The van der Waals surface area contributed by atoms with Gasteiger partial charge in [0.15, 0.2) is 0 Å². The highest BCUT2D eigenvalue weighted by Gasteiger charge is 2.41. The zero-order chi connectivity index (χ0) is 14.0. The summed E-state index contributed by atoms with van der Waals surface area (Å²) in [6, 6.07) is 3.15. The molecule has 1 fully saturated rings. The number of nitrogens with zero attached hydrogens (tertiary/aromatic N) is 3. The van der Waals surface area contributed by atoms with E-state index >= 15 is 0 Å². The van der Waals surface area contributed by atoms with E-state index in [0.29, 0.717) is 18.3 Å². The molecule has 0 aliphatic heterocycles. The van der Waals surface area contributed by atoms with Crippen LogP contribution in [0.1, 0.15) is 25.3 Å². The number of nitro groups is 1. The SMILES string of the molecule is CC(CN)(Nc1ncc([N+](=O)[O-])cc1C#N)C1CC1. The zero-order valence-corrected chi connectivity index (χ0v) is 10.6. The monoisotopic (exact) mass is 261 g/mol. The van der Waals surface area contributed by atoms with Crippen LogP contribution >= 0.6 is 0 Å². The van der Waals surface area contributed by atoms with E-state index in [2.05, 4.69) is 10.3 Å². The third kappa shape index (κ3) is 2.63. The van der Waals surface area contributed by atoms with Crippen LogP contribution in [0.2, 0.25) is 0 Å². The molecule has 0 aromatic carbocycles. The summed E-state index contributed by atoms with van der Waals surface area (Å²) in [5, 5.41) is 22.9. The van der Waals surface area contributed by atoms with Crippen LogP contribution in [0.15, 0.2) is 12.3 Å².